The van der Waals surface area contributed by atoms with Crippen molar-refractivity contribution in [2.24, 2.45) is 0 Å². The van der Waals surface area contributed by atoms with E-state index in [0.717, 1.165) is 29.9 Å². The molecule has 0 saturated heterocycles. The van der Waals surface area contributed by atoms with Gasteiger partial charge in [-0.15, -0.1) is 0 Å². The van der Waals surface area contributed by atoms with Gasteiger partial charge in [0.15, 0.2) is 0 Å². The van der Waals surface area contributed by atoms with E-state index >= 15 is 0 Å². The normalized spacial score (nSPS) is 11.0. The van der Waals surface area contributed by atoms with Crippen LogP contribution in [0, 0.1) is 18.3 Å². The number of carbonyl (C=O) groups excluding carboxylic acids is 1. The van der Waals surface area contributed by atoms with Gasteiger partial charge in [0.1, 0.15) is 11.6 Å². The summed E-state index contributed by atoms with van der Waals surface area (Å²) in [6.45, 7) is 8.00. The van der Waals surface area contributed by atoms with E-state index in [0.29, 0.717) is 5.56 Å². The van der Waals surface area contributed by atoms with Crippen LogP contribution in [0.3, 0.4) is 0 Å². The zero-order chi connectivity index (χ0) is 17.5. The molecule has 0 saturated carbocycles. The molecule has 0 heterocycles. The van der Waals surface area contributed by atoms with Gasteiger partial charge in [0, 0.05) is 24.3 Å². The number of nitrogens with zero attached hydrogens (tertiary/aromatic N) is 2. The average molecular weight is 318 g/mol. The van der Waals surface area contributed by atoms with Crippen molar-refractivity contribution in [1.82, 2.24) is 0 Å². The molecule has 0 spiro atoms. The molecule has 0 aromatic heterocycles. The second kappa shape index (κ2) is 8.12. The maximum absolute atomic E-state index is 12.6. The van der Waals surface area contributed by atoms with Gasteiger partial charge < -0.3 is 4.90 Å². The second-order valence-electron chi connectivity index (χ2n) is 5.58. The number of rotatable bonds is 6. The number of carbonyl (C=O) groups is 1. The highest BCUT2D eigenvalue weighted by Gasteiger charge is 2.14. The van der Waals surface area contributed by atoms with Gasteiger partial charge in [0.05, 0.1) is 0 Å². The van der Waals surface area contributed by atoms with Crippen LogP contribution in [0.1, 0.15) is 35.3 Å². The van der Waals surface area contributed by atoms with Gasteiger partial charge >= 0.3 is 0 Å². The van der Waals surface area contributed by atoms with Crippen LogP contribution < -0.4 is 4.90 Å². The molecular weight excluding hydrogens is 296 g/mol. The summed E-state index contributed by atoms with van der Waals surface area (Å²) in [5, 5.41) is 9.38. The Morgan fingerprint density at radius 2 is 1.71 bits per heavy atom. The van der Waals surface area contributed by atoms with E-state index in [4.69, 9.17) is 0 Å². The summed E-state index contributed by atoms with van der Waals surface area (Å²) in [5.74, 6) is -0.233. The van der Waals surface area contributed by atoms with Crippen molar-refractivity contribution >= 4 is 17.5 Å². The maximum atomic E-state index is 12.6. The molecule has 3 heteroatoms. The summed E-state index contributed by atoms with van der Waals surface area (Å²) in [6, 6.07) is 17.3. The van der Waals surface area contributed by atoms with Crippen molar-refractivity contribution in [3.8, 4) is 6.07 Å². The third kappa shape index (κ3) is 3.91. The maximum Gasteiger partial charge on any atom is 0.203 e. The van der Waals surface area contributed by atoms with Gasteiger partial charge in [-0.3, -0.25) is 4.79 Å². The molecule has 0 bridgehead atoms. The average Bonchev–Trinajstić information content (AvgIpc) is 2.62. The molecule has 0 N–H and O–H groups in total. The van der Waals surface area contributed by atoms with Crippen molar-refractivity contribution in [3.63, 3.8) is 0 Å². The fourth-order valence-electron chi connectivity index (χ4n) is 2.66. The molecule has 2 aromatic rings. The van der Waals surface area contributed by atoms with Gasteiger partial charge in [-0.25, -0.2) is 0 Å². The topological polar surface area (TPSA) is 44.1 Å². The molecule has 3 nitrogen and oxygen atoms in total. The molecule has 122 valence electrons. The Labute approximate surface area is 143 Å². The van der Waals surface area contributed by atoms with Gasteiger partial charge in [-0.2, -0.15) is 5.26 Å². The fraction of sp³-hybridized carbons (Fsp3) is 0.238. The first-order valence-electron chi connectivity index (χ1n) is 8.17. The Hall–Kier alpha value is -2.86. The predicted molar refractivity (Wildman–Crippen MR) is 99.1 cm³/mol. The fourth-order valence-corrected chi connectivity index (χ4v) is 2.66. The first kappa shape index (κ1) is 17.5. The summed E-state index contributed by atoms with van der Waals surface area (Å²) < 4.78 is 0. The number of nitriles is 1. The lowest BCUT2D eigenvalue weighted by Gasteiger charge is -2.20. The minimum Gasteiger partial charge on any atom is -0.372 e. The Bertz CT molecular complexity index is 778. The van der Waals surface area contributed by atoms with Crippen molar-refractivity contribution in [2.75, 3.05) is 18.0 Å². The van der Waals surface area contributed by atoms with Crippen molar-refractivity contribution in [2.45, 2.75) is 20.8 Å². The highest BCUT2D eigenvalue weighted by atomic mass is 16.1. The summed E-state index contributed by atoms with van der Waals surface area (Å²) in [4.78, 5) is 14.8. The molecule has 0 aliphatic rings. The van der Waals surface area contributed by atoms with Crippen molar-refractivity contribution in [1.29, 1.82) is 5.26 Å². The van der Waals surface area contributed by atoms with Crippen LogP contribution in [0.4, 0.5) is 5.69 Å². The lowest BCUT2D eigenvalue weighted by molar-refractivity contribution is 0.103. The molecule has 24 heavy (non-hydrogen) atoms. The molecule has 0 radical (unpaired) electrons. The van der Waals surface area contributed by atoms with Crippen LogP contribution >= 0.6 is 0 Å². The van der Waals surface area contributed by atoms with E-state index in [9.17, 15) is 10.1 Å². The van der Waals surface area contributed by atoms with Crippen LogP contribution in [0.15, 0.2) is 54.1 Å². The van der Waals surface area contributed by atoms with E-state index in [1.54, 1.807) is 12.1 Å². The molecular formula is C21H22N2O. The van der Waals surface area contributed by atoms with E-state index in [1.807, 2.05) is 55.5 Å². The molecule has 0 fully saturated rings. The predicted octanol–water partition coefficient (Wildman–Crippen LogP) is 4.63. The number of benzene rings is 2. The molecule has 2 aromatic carbocycles. The lowest BCUT2D eigenvalue weighted by atomic mass is 9.98. The first-order chi connectivity index (χ1) is 11.6. The quantitative estimate of drug-likeness (QED) is 0.443. The van der Waals surface area contributed by atoms with Crippen LogP contribution in [0.25, 0.3) is 6.08 Å². The Balaban J connectivity index is 2.29. The van der Waals surface area contributed by atoms with E-state index in [1.165, 1.54) is 0 Å². The number of Topliss-reactive ketones (excluding diaryl/α,β-unsaturated/α-hetero) is 1. The van der Waals surface area contributed by atoms with E-state index in [-0.39, 0.29) is 11.4 Å². The van der Waals surface area contributed by atoms with Crippen molar-refractivity contribution < 1.29 is 4.79 Å². The molecule has 0 atom stereocenters. The Morgan fingerprint density at radius 1 is 1.08 bits per heavy atom. The summed E-state index contributed by atoms with van der Waals surface area (Å²) in [7, 11) is 0. The highest BCUT2D eigenvalue weighted by Crippen LogP contribution is 2.19. The first-order valence-corrected chi connectivity index (χ1v) is 8.17. The molecule has 0 aliphatic carbocycles. The molecule has 0 amide bonds. The highest BCUT2D eigenvalue weighted by molar-refractivity contribution is 6.14. The molecule has 2 rings (SSSR count). The zero-order valence-electron chi connectivity index (χ0n) is 14.4. The van der Waals surface area contributed by atoms with Gasteiger partial charge in [0.25, 0.3) is 0 Å². The summed E-state index contributed by atoms with van der Waals surface area (Å²) in [5.41, 5.74) is 3.59. The number of anilines is 1. The number of allylic oxidation sites excluding steroid dienone is 1. The smallest absolute Gasteiger partial charge is 0.203 e. The van der Waals surface area contributed by atoms with E-state index in [2.05, 4.69) is 18.7 Å². The monoisotopic (exact) mass is 318 g/mol. The summed E-state index contributed by atoms with van der Waals surface area (Å²) in [6.07, 6.45) is 1.65. The minimum absolute atomic E-state index is 0.153. The Kier molecular flexibility index (Phi) is 5.92. The third-order valence-electron chi connectivity index (χ3n) is 4.09. The van der Waals surface area contributed by atoms with Crippen LogP contribution in [0.5, 0.6) is 0 Å². The zero-order valence-corrected chi connectivity index (χ0v) is 14.4. The summed E-state index contributed by atoms with van der Waals surface area (Å²) >= 11 is 0. The minimum atomic E-state index is -0.233. The number of hydrogen-bond donors (Lipinski definition) is 0. The Morgan fingerprint density at radius 3 is 2.25 bits per heavy atom. The van der Waals surface area contributed by atoms with Crippen molar-refractivity contribution in [3.05, 3.63) is 70.8 Å². The van der Waals surface area contributed by atoms with Crippen LogP contribution in [-0.2, 0) is 0 Å². The SMILES string of the molecule is CCN(CC)c1ccc(/C=C(\C#N)C(=O)c2ccccc2C)cc1. The number of ketones is 1. The third-order valence-corrected chi connectivity index (χ3v) is 4.09. The number of hydrogen-bond acceptors (Lipinski definition) is 3. The molecule has 0 aliphatic heterocycles. The molecule has 0 unspecified atom stereocenters. The lowest BCUT2D eigenvalue weighted by Crippen LogP contribution is -2.21. The van der Waals surface area contributed by atoms with Crippen LogP contribution in [0.2, 0.25) is 0 Å². The van der Waals surface area contributed by atoms with Crippen LogP contribution in [-0.4, -0.2) is 18.9 Å². The van der Waals surface area contributed by atoms with Gasteiger partial charge in [0.2, 0.25) is 5.78 Å². The standard InChI is InChI=1S/C21H22N2O/c1-4-23(5-2)19-12-10-17(11-13-19)14-18(15-22)21(24)20-9-7-6-8-16(20)3/h6-14H,4-5H2,1-3H3/b18-14+. The number of aryl methyl sites for hydroxylation is 1. The van der Waals surface area contributed by atoms with Gasteiger partial charge in [-0.05, 0) is 50.1 Å². The second-order valence-corrected chi connectivity index (χ2v) is 5.58. The van der Waals surface area contributed by atoms with E-state index < -0.39 is 0 Å². The largest absolute Gasteiger partial charge is 0.372 e. The van der Waals surface area contributed by atoms with Gasteiger partial charge in [-0.1, -0.05) is 36.4 Å².